The van der Waals surface area contributed by atoms with E-state index >= 15 is 0 Å². The van der Waals surface area contributed by atoms with Crippen LogP contribution in [0.5, 0.6) is 5.75 Å². The third-order valence-corrected chi connectivity index (χ3v) is 3.62. The van der Waals surface area contributed by atoms with Gasteiger partial charge >= 0.3 is 0 Å². The molecule has 0 saturated carbocycles. The van der Waals surface area contributed by atoms with Crippen LogP contribution in [0.3, 0.4) is 0 Å². The lowest BCUT2D eigenvalue weighted by molar-refractivity contribution is 0.304. The summed E-state index contributed by atoms with van der Waals surface area (Å²) in [5, 5.41) is 4.30. The van der Waals surface area contributed by atoms with Crippen molar-refractivity contribution in [1.82, 2.24) is 0 Å². The van der Waals surface area contributed by atoms with Crippen LogP contribution < -0.4 is 10.2 Å². The van der Waals surface area contributed by atoms with E-state index in [4.69, 9.17) is 4.74 Å². The molecule has 0 heterocycles. The average molecular weight is 310 g/mol. The van der Waals surface area contributed by atoms with E-state index in [0.717, 1.165) is 30.0 Å². The highest BCUT2D eigenvalue weighted by Crippen LogP contribution is 2.17. The molecular weight excluding hydrogens is 284 g/mol. The largest absolute Gasteiger partial charge is 0.493 e. The first-order valence-corrected chi connectivity index (χ1v) is 8.37. The van der Waals surface area contributed by atoms with E-state index < -0.39 is 0 Å². The van der Waals surface area contributed by atoms with Crippen LogP contribution in [0.4, 0.5) is 5.69 Å². The van der Waals surface area contributed by atoms with Gasteiger partial charge in [0.25, 0.3) is 0 Å². The Bertz CT molecular complexity index is 605. The molecule has 23 heavy (non-hydrogen) atoms. The topological polar surface area (TPSA) is 33.6 Å². The first kappa shape index (κ1) is 17.1. The van der Waals surface area contributed by atoms with Gasteiger partial charge in [-0.25, -0.2) is 0 Å². The molecule has 3 heteroatoms. The lowest BCUT2D eigenvalue weighted by Gasteiger charge is -2.08. The van der Waals surface area contributed by atoms with Gasteiger partial charge in [0.1, 0.15) is 5.75 Å². The van der Waals surface area contributed by atoms with Crippen molar-refractivity contribution in [1.29, 1.82) is 0 Å². The number of hydrogen-bond acceptors (Lipinski definition) is 3. The van der Waals surface area contributed by atoms with Gasteiger partial charge in [0.05, 0.1) is 18.5 Å². The number of ether oxygens (including phenoxy) is 1. The van der Waals surface area contributed by atoms with Crippen LogP contribution in [0.15, 0.2) is 53.6 Å². The highest BCUT2D eigenvalue weighted by Gasteiger charge is 2.00. The molecule has 2 aromatic carbocycles. The number of para-hydroxylation sites is 1. The number of aryl methyl sites for hydroxylation is 1. The molecule has 122 valence electrons. The minimum absolute atomic E-state index is 0.760. The molecular formula is C20H26N2O. The van der Waals surface area contributed by atoms with Crippen LogP contribution in [0.2, 0.25) is 0 Å². The number of nitrogens with zero attached hydrogens (tertiary/aromatic N) is 1. The molecule has 0 aliphatic heterocycles. The predicted octanol–water partition coefficient (Wildman–Crippen LogP) is 5.40. The Balaban J connectivity index is 1.88. The average Bonchev–Trinajstić information content (AvgIpc) is 2.58. The molecule has 0 spiro atoms. The van der Waals surface area contributed by atoms with Gasteiger partial charge in [-0.15, -0.1) is 0 Å². The SMILES string of the molecule is CCCCCCOc1ccccc1C=NNc1ccc(C)cc1. The van der Waals surface area contributed by atoms with Crippen molar-refractivity contribution in [3.8, 4) is 5.75 Å². The van der Waals surface area contributed by atoms with E-state index in [9.17, 15) is 0 Å². The standard InChI is InChI=1S/C20H26N2O/c1-3-4-5-8-15-23-20-10-7-6-9-18(20)16-21-22-19-13-11-17(2)12-14-19/h6-7,9-14,16,22H,3-5,8,15H2,1-2H3. The van der Waals surface area contributed by atoms with Crippen LogP contribution in [-0.4, -0.2) is 12.8 Å². The van der Waals surface area contributed by atoms with Crippen molar-refractivity contribution in [2.75, 3.05) is 12.0 Å². The molecule has 2 aromatic rings. The van der Waals surface area contributed by atoms with Gasteiger partial charge in [-0.05, 0) is 37.6 Å². The van der Waals surface area contributed by atoms with Gasteiger partial charge in [0.15, 0.2) is 0 Å². The second-order valence-electron chi connectivity index (χ2n) is 5.68. The number of hydrogen-bond donors (Lipinski definition) is 1. The summed E-state index contributed by atoms with van der Waals surface area (Å²) in [6.45, 7) is 5.05. The summed E-state index contributed by atoms with van der Waals surface area (Å²) in [4.78, 5) is 0. The number of hydrazone groups is 1. The Labute approximate surface area is 139 Å². The first-order chi connectivity index (χ1) is 11.3. The van der Waals surface area contributed by atoms with Crippen LogP contribution >= 0.6 is 0 Å². The van der Waals surface area contributed by atoms with Gasteiger partial charge in [0.2, 0.25) is 0 Å². The number of anilines is 1. The van der Waals surface area contributed by atoms with Gasteiger partial charge < -0.3 is 4.74 Å². The van der Waals surface area contributed by atoms with Gasteiger partial charge in [-0.2, -0.15) is 5.10 Å². The molecule has 0 saturated heterocycles. The lowest BCUT2D eigenvalue weighted by atomic mass is 10.2. The first-order valence-electron chi connectivity index (χ1n) is 8.37. The zero-order valence-electron chi connectivity index (χ0n) is 14.1. The summed E-state index contributed by atoms with van der Waals surface area (Å²) < 4.78 is 5.88. The van der Waals surface area contributed by atoms with E-state index in [1.807, 2.05) is 36.4 Å². The van der Waals surface area contributed by atoms with E-state index in [1.165, 1.54) is 24.8 Å². The van der Waals surface area contributed by atoms with E-state index in [-0.39, 0.29) is 0 Å². The predicted molar refractivity (Wildman–Crippen MR) is 98.5 cm³/mol. The molecule has 0 aliphatic rings. The molecule has 3 nitrogen and oxygen atoms in total. The Kier molecular flexibility index (Phi) is 7.18. The Morgan fingerprint density at radius 2 is 1.78 bits per heavy atom. The molecule has 0 bridgehead atoms. The molecule has 1 N–H and O–H groups in total. The van der Waals surface area contributed by atoms with Crippen LogP contribution in [-0.2, 0) is 0 Å². The summed E-state index contributed by atoms with van der Waals surface area (Å²) in [6.07, 6.45) is 6.64. The zero-order valence-corrected chi connectivity index (χ0v) is 14.1. The third kappa shape index (κ3) is 6.15. The highest BCUT2D eigenvalue weighted by molar-refractivity contribution is 5.83. The Hall–Kier alpha value is -2.29. The molecule has 0 amide bonds. The highest BCUT2D eigenvalue weighted by atomic mass is 16.5. The number of rotatable bonds is 9. The molecule has 0 aromatic heterocycles. The summed E-state index contributed by atoms with van der Waals surface area (Å²) in [7, 11) is 0. The minimum atomic E-state index is 0.760. The minimum Gasteiger partial charge on any atom is -0.493 e. The second-order valence-corrected chi connectivity index (χ2v) is 5.68. The molecule has 0 radical (unpaired) electrons. The number of nitrogens with one attached hydrogen (secondary N) is 1. The van der Waals surface area contributed by atoms with Crippen molar-refractivity contribution < 1.29 is 4.74 Å². The van der Waals surface area contributed by atoms with Crippen molar-refractivity contribution in [3.05, 3.63) is 59.7 Å². The maximum atomic E-state index is 5.88. The van der Waals surface area contributed by atoms with Gasteiger partial charge in [-0.3, -0.25) is 5.43 Å². The summed E-state index contributed by atoms with van der Waals surface area (Å²) in [6, 6.07) is 16.2. The van der Waals surface area contributed by atoms with E-state index in [1.54, 1.807) is 6.21 Å². The van der Waals surface area contributed by atoms with E-state index in [0.29, 0.717) is 0 Å². The summed E-state index contributed by atoms with van der Waals surface area (Å²) in [5.74, 6) is 0.887. The number of unbranched alkanes of at least 4 members (excludes halogenated alkanes) is 3. The van der Waals surface area contributed by atoms with Crippen molar-refractivity contribution in [3.63, 3.8) is 0 Å². The van der Waals surface area contributed by atoms with E-state index in [2.05, 4.69) is 36.5 Å². The fraction of sp³-hybridized carbons (Fsp3) is 0.350. The molecule has 0 unspecified atom stereocenters. The second kappa shape index (κ2) is 9.67. The fourth-order valence-corrected chi connectivity index (χ4v) is 2.23. The van der Waals surface area contributed by atoms with Crippen molar-refractivity contribution in [2.45, 2.75) is 39.5 Å². The quantitative estimate of drug-likeness (QED) is 0.382. The third-order valence-electron chi connectivity index (χ3n) is 3.62. The lowest BCUT2D eigenvalue weighted by Crippen LogP contribution is -2.00. The Morgan fingerprint density at radius 1 is 1.00 bits per heavy atom. The number of benzene rings is 2. The van der Waals surface area contributed by atoms with Gasteiger partial charge in [0, 0.05) is 5.56 Å². The molecule has 0 atom stereocenters. The van der Waals surface area contributed by atoms with Crippen LogP contribution in [0.25, 0.3) is 0 Å². The molecule has 2 rings (SSSR count). The van der Waals surface area contributed by atoms with Crippen LogP contribution in [0.1, 0.15) is 43.7 Å². The molecule has 0 fully saturated rings. The fourth-order valence-electron chi connectivity index (χ4n) is 2.23. The smallest absolute Gasteiger partial charge is 0.128 e. The maximum absolute atomic E-state index is 5.88. The zero-order chi connectivity index (χ0) is 16.3. The van der Waals surface area contributed by atoms with Crippen molar-refractivity contribution in [2.24, 2.45) is 5.10 Å². The maximum Gasteiger partial charge on any atom is 0.128 e. The normalized spacial score (nSPS) is 10.9. The van der Waals surface area contributed by atoms with Crippen molar-refractivity contribution >= 4 is 11.9 Å². The monoisotopic (exact) mass is 310 g/mol. The van der Waals surface area contributed by atoms with Crippen LogP contribution in [0, 0.1) is 6.92 Å². The summed E-state index contributed by atoms with van der Waals surface area (Å²) >= 11 is 0. The van der Waals surface area contributed by atoms with Gasteiger partial charge in [-0.1, -0.05) is 56.0 Å². The molecule has 0 aliphatic carbocycles. The summed E-state index contributed by atoms with van der Waals surface area (Å²) in [5.41, 5.74) is 6.25. The Morgan fingerprint density at radius 3 is 2.57 bits per heavy atom.